The maximum atomic E-state index is 11.8. The average Bonchev–Trinajstić information content (AvgIpc) is 2.62. The Balaban J connectivity index is 2.03. The molecule has 0 radical (unpaired) electrons. The standard InChI is InChI=1S/C14H20N2O2/c17-10-13(11-6-2-1-3-7-11)16-12-8-4-5-9-15-14(12)18/h1-3,6-7,12-13,16-17H,4-5,8-10H2,(H,15,18). The predicted octanol–water partition coefficient (Wildman–Crippen LogP) is 0.978. The Morgan fingerprint density at radius 3 is 2.83 bits per heavy atom. The molecule has 1 amide bonds. The summed E-state index contributed by atoms with van der Waals surface area (Å²) in [7, 11) is 0. The first-order chi connectivity index (χ1) is 8.81. The van der Waals surface area contributed by atoms with Crippen LogP contribution in [0.15, 0.2) is 30.3 Å². The summed E-state index contributed by atoms with van der Waals surface area (Å²) in [4.78, 5) is 11.8. The van der Waals surface area contributed by atoms with Crippen molar-refractivity contribution in [2.45, 2.75) is 31.3 Å². The van der Waals surface area contributed by atoms with Crippen molar-refractivity contribution in [3.63, 3.8) is 0 Å². The molecule has 2 rings (SSSR count). The van der Waals surface area contributed by atoms with Gasteiger partial charge in [0, 0.05) is 6.54 Å². The lowest BCUT2D eigenvalue weighted by molar-refractivity contribution is -0.123. The number of carbonyl (C=O) groups excluding carboxylic acids is 1. The number of hydrogen-bond acceptors (Lipinski definition) is 3. The number of benzene rings is 1. The number of hydrogen-bond donors (Lipinski definition) is 3. The number of carbonyl (C=O) groups is 1. The van der Waals surface area contributed by atoms with Gasteiger partial charge in [-0.3, -0.25) is 10.1 Å². The first kappa shape index (κ1) is 13.1. The Hall–Kier alpha value is -1.39. The third-order valence-electron chi connectivity index (χ3n) is 3.32. The van der Waals surface area contributed by atoms with Gasteiger partial charge in [-0.15, -0.1) is 0 Å². The molecule has 98 valence electrons. The maximum absolute atomic E-state index is 11.8. The van der Waals surface area contributed by atoms with E-state index in [1.807, 2.05) is 30.3 Å². The van der Waals surface area contributed by atoms with E-state index in [9.17, 15) is 9.90 Å². The van der Waals surface area contributed by atoms with Crippen molar-refractivity contribution >= 4 is 5.91 Å². The minimum atomic E-state index is -0.204. The zero-order chi connectivity index (χ0) is 12.8. The van der Waals surface area contributed by atoms with Crippen molar-refractivity contribution < 1.29 is 9.90 Å². The normalized spacial score (nSPS) is 22.1. The smallest absolute Gasteiger partial charge is 0.237 e. The van der Waals surface area contributed by atoms with Crippen LogP contribution in [0.5, 0.6) is 0 Å². The molecule has 0 saturated carbocycles. The number of amides is 1. The topological polar surface area (TPSA) is 61.4 Å². The minimum absolute atomic E-state index is 0.00616. The van der Waals surface area contributed by atoms with E-state index in [0.29, 0.717) is 0 Å². The number of rotatable bonds is 4. The number of aliphatic hydroxyl groups is 1. The zero-order valence-electron chi connectivity index (χ0n) is 10.4. The van der Waals surface area contributed by atoms with Gasteiger partial charge in [-0.2, -0.15) is 0 Å². The fourth-order valence-corrected chi connectivity index (χ4v) is 2.28. The summed E-state index contributed by atoms with van der Waals surface area (Å²) >= 11 is 0. The molecule has 1 heterocycles. The van der Waals surface area contributed by atoms with Crippen LogP contribution in [0.4, 0.5) is 0 Å². The van der Waals surface area contributed by atoms with E-state index >= 15 is 0 Å². The Morgan fingerprint density at radius 1 is 1.33 bits per heavy atom. The highest BCUT2D eigenvalue weighted by Gasteiger charge is 2.23. The van der Waals surface area contributed by atoms with Gasteiger partial charge < -0.3 is 10.4 Å². The van der Waals surface area contributed by atoms with Gasteiger partial charge in [0.2, 0.25) is 5.91 Å². The molecule has 1 aliphatic rings. The molecule has 1 saturated heterocycles. The number of aliphatic hydroxyl groups excluding tert-OH is 1. The Labute approximate surface area is 107 Å². The summed E-state index contributed by atoms with van der Waals surface area (Å²) in [5.74, 6) is 0.0434. The van der Waals surface area contributed by atoms with Gasteiger partial charge in [-0.05, 0) is 24.8 Å². The Morgan fingerprint density at radius 2 is 2.11 bits per heavy atom. The van der Waals surface area contributed by atoms with Gasteiger partial charge >= 0.3 is 0 Å². The van der Waals surface area contributed by atoms with E-state index in [2.05, 4.69) is 10.6 Å². The Kier molecular flexibility index (Phi) is 4.73. The van der Waals surface area contributed by atoms with Crippen LogP contribution in [0.3, 0.4) is 0 Å². The fraction of sp³-hybridized carbons (Fsp3) is 0.500. The molecule has 4 heteroatoms. The molecule has 2 atom stereocenters. The minimum Gasteiger partial charge on any atom is -0.394 e. The van der Waals surface area contributed by atoms with Crippen LogP contribution in [0.2, 0.25) is 0 Å². The highest BCUT2D eigenvalue weighted by Crippen LogP contribution is 2.15. The summed E-state index contributed by atoms with van der Waals surface area (Å²) in [6.45, 7) is 0.750. The molecule has 1 aliphatic heterocycles. The Bertz CT molecular complexity index is 381. The van der Waals surface area contributed by atoms with Crippen molar-refractivity contribution in [1.82, 2.24) is 10.6 Å². The summed E-state index contributed by atoms with van der Waals surface area (Å²) in [6, 6.07) is 9.35. The zero-order valence-corrected chi connectivity index (χ0v) is 10.4. The molecule has 1 fully saturated rings. The molecule has 0 bridgehead atoms. The summed E-state index contributed by atoms with van der Waals surface area (Å²) in [6.07, 6.45) is 2.89. The van der Waals surface area contributed by atoms with Crippen LogP contribution < -0.4 is 10.6 Å². The van der Waals surface area contributed by atoms with Crippen LogP contribution in [-0.4, -0.2) is 30.2 Å². The summed E-state index contributed by atoms with van der Waals surface area (Å²) in [5, 5.41) is 15.6. The van der Waals surface area contributed by atoms with Gasteiger partial charge in [-0.1, -0.05) is 30.3 Å². The SMILES string of the molecule is O=C1NCCCCC1NC(CO)c1ccccc1. The largest absolute Gasteiger partial charge is 0.394 e. The van der Waals surface area contributed by atoms with Crippen molar-refractivity contribution in [3.8, 4) is 0 Å². The van der Waals surface area contributed by atoms with Crippen LogP contribution in [-0.2, 0) is 4.79 Å². The highest BCUT2D eigenvalue weighted by atomic mass is 16.3. The molecular weight excluding hydrogens is 228 g/mol. The van der Waals surface area contributed by atoms with E-state index in [4.69, 9.17) is 0 Å². The van der Waals surface area contributed by atoms with Crippen molar-refractivity contribution in [3.05, 3.63) is 35.9 Å². The van der Waals surface area contributed by atoms with Gasteiger partial charge in [0.25, 0.3) is 0 Å². The van der Waals surface area contributed by atoms with Gasteiger partial charge in [0.15, 0.2) is 0 Å². The molecule has 0 aromatic heterocycles. The molecule has 1 aromatic rings. The lowest BCUT2D eigenvalue weighted by Gasteiger charge is -2.22. The second kappa shape index (κ2) is 6.52. The van der Waals surface area contributed by atoms with E-state index in [1.165, 1.54) is 0 Å². The van der Waals surface area contributed by atoms with E-state index in [1.54, 1.807) is 0 Å². The van der Waals surface area contributed by atoms with Crippen LogP contribution in [0.1, 0.15) is 30.9 Å². The average molecular weight is 248 g/mol. The highest BCUT2D eigenvalue weighted by molar-refractivity contribution is 5.81. The lowest BCUT2D eigenvalue weighted by Crippen LogP contribution is -2.45. The lowest BCUT2D eigenvalue weighted by atomic mass is 10.0. The first-order valence-electron chi connectivity index (χ1n) is 6.51. The first-order valence-corrected chi connectivity index (χ1v) is 6.51. The van der Waals surface area contributed by atoms with E-state index in [0.717, 1.165) is 31.4 Å². The van der Waals surface area contributed by atoms with Crippen LogP contribution >= 0.6 is 0 Å². The van der Waals surface area contributed by atoms with Crippen molar-refractivity contribution in [2.75, 3.05) is 13.2 Å². The molecule has 4 nitrogen and oxygen atoms in total. The van der Waals surface area contributed by atoms with Crippen molar-refractivity contribution in [1.29, 1.82) is 0 Å². The van der Waals surface area contributed by atoms with Gasteiger partial charge in [0.05, 0.1) is 18.7 Å². The van der Waals surface area contributed by atoms with E-state index < -0.39 is 0 Å². The van der Waals surface area contributed by atoms with Crippen LogP contribution in [0.25, 0.3) is 0 Å². The predicted molar refractivity (Wildman–Crippen MR) is 70.1 cm³/mol. The summed E-state index contributed by atoms with van der Waals surface area (Å²) < 4.78 is 0. The fourth-order valence-electron chi connectivity index (χ4n) is 2.28. The maximum Gasteiger partial charge on any atom is 0.237 e. The molecule has 3 N–H and O–H groups in total. The van der Waals surface area contributed by atoms with Crippen molar-refractivity contribution in [2.24, 2.45) is 0 Å². The van der Waals surface area contributed by atoms with Crippen LogP contribution in [0, 0.1) is 0 Å². The molecule has 0 aliphatic carbocycles. The molecular formula is C14H20N2O2. The second-order valence-electron chi connectivity index (χ2n) is 4.65. The summed E-state index contributed by atoms with van der Waals surface area (Å²) in [5.41, 5.74) is 1.01. The molecule has 2 unspecified atom stereocenters. The third kappa shape index (κ3) is 3.31. The monoisotopic (exact) mass is 248 g/mol. The van der Waals surface area contributed by atoms with Gasteiger partial charge in [-0.25, -0.2) is 0 Å². The third-order valence-corrected chi connectivity index (χ3v) is 3.32. The quantitative estimate of drug-likeness (QED) is 0.744. The second-order valence-corrected chi connectivity index (χ2v) is 4.65. The molecule has 1 aromatic carbocycles. The molecule has 18 heavy (non-hydrogen) atoms. The van der Waals surface area contributed by atoms with Gasteiger partial charge in [0.1, 0.15) is 0 Å². The van der Waals surface area contributed by atoms with E-state index in [-0.39, 0.29) is 24.6 Å². The number of nitrogens with one attached hydrogen (secondary N) is 2. The molecule has 0 spiro atoms.